The van der Waals surface area contributed by atoms with E-state index in [1.165, 1.54) is 0 Å². The van der Waals surface area contributed by atoms with Crippen LogP contribution in [0.2, 0.25) is 0 Å². The highest BCUT2D eigenvalue weighted by atomic mass is 16.5. The number of Topliss-reactive ketones (excluding diaryl/α,β-unsaturated/α-hetero) is 1. The summed E-state index contributed by atoms with van der Waals surface area (Å²) in [6.07, 6.45) is 1.59. The first-order valence-electron chi connectivity index (χ1n) is 4.78. The van der Waals surface area contributed by atoms with Crippen LogP contribution in [0.1, 0.15) is 40.5 Å². The molecule has 0 bridgehead atoms. The molecule has 12 heavy (non-hydrogen) atoms. The normalized spacial score (nSPS) is 13.4. The lowest BCUT2D eigenvalue weighted by Crippen LogP contribution is -2.27. The van der Waals surface area contributed by atoms with Gasteiger partial charge in [-0.05, 0) is 12.8 Å². The van der Waals surface area contributed by atoms with Crippen LogP contribution in [0.4, 0.5) is 0 Å². The van der Waals surface area contributed by atoms with Crippen molar-refractivity contribution < 1.29 is 9.53 Å². The fourth-order valence-corrected chi connectivity index (χ4v) is 1.03. The maximum absolute atomic E-state index is 11.5. The van der Waals surface area contributed by atoms with E-state index in [9.17, 15) is 4.79 Å². The van der Waals surface area contributed by atoms with E-state index in [-0.39, 0.29) is 17.8 Å². The molecule has 0 aromatic heterocycles. The summed E-state index contributed by atoms with van der Waals surface area (Å²) >= 11 is 0. The van der Waals surface area contributed by atoms with Gasteiger partial charge in [0, 0.05) is 12.5 Å². The minimum atomic E-state index is -0.176. The van der Waals surface area contributed by atoms with Gasteiger partial charge in [-0.25, -0.2) is 0 Å². The van der Waals surface area contributed by atoms with E-state index in [1.807, 2.05) is 27.7 Å². The Kier molecular flexibility index (Phi) is 5.99. The van der Waals surface area contributed by atoms with Gasteiger partial charge in [0.25, 0.3) is 0 Å². The number of carbonyl (C=O) groups excluding carboxylic acids is 1. The van der Waals surface area contributed by atoms with Gasteiger partial charge in [0.2, 0.25) is 0 Å². The van der Waals surface area contributed by atoms with E-state index >= 15 is 0 Å². The van der Waals surface area contributed by atoms with E-state index in [2.05, 4.69) is 0 Å². The second kappa shape index (κ2) is 6.18. The van der Waals surface area contributed by atoms with Gasteiger partial charge in [0.15, 0.2) is 5.78 Å². The van der Waals surface area contributed by atoms with E-state index in [1.54, 1.807) is 0 Å². The summed E-state index contributed by atoms with van der Waals surface area (Å²) in [5.74, 6) is 0.317. The molecule has 0 saturated heterocycles. The van der Waals surface area contributed by atoms with Crippen LogP contribution in [0.3, 0.4) is 0 Å². The molecule has 2 nitrogen and oxygen atoms in total. The summed E-state index contributed by atoms with van der Waals surface area (Å²) in [5.41, 5.74) is 0. The molecule has 1 atom stereocenters. The highest BCUT2D eigenvalue weighted by molar-refractivity contribution is 5.84. The minimum absolute atomic E-state index is 0.0896. The van der Waals surface area contributed by atoms with Gasteiger partial charge in [0.1, 0.15) is 6.10 Å². The van der Waals surface area contributed by atoms with Crippen molar-refractivity contribution >= 4 is 5.78 Å². The smallest absolute Gasteiger partial charge is 0.164 e. The summed E-state index contributed by atoms with van der Waals surface area (Å²) in [7, 11) is 0. The largest absolute Gasteiger partial charge is 0.370 e. The van der Waals surface area contributed by atoms with Crippen LogP contribution in [-0.4, -0.2) is 18.5 Å². The molecular weight excluding hydrogens is 152 g/mol. The zero-order valence-electron chi connectivity index (χ0n) is 8.59. The molecule has 0 rings (SSSR count). The summed E-state index contributed by atoms with van der Waals surface area (Å²) in [6.45, 7) is 8.56. The van der Waals surface area contributed by atoms with Crippen LogP contribution in [0.5, 0.6) is 0 Å². The second-order valence-corrected chi connectivity index (χ2v) is 3.32. The summed E-state index contributed by atoms with van der Waals surface area (Å²) in [5, 5.41) is 0. The first-order chi connectivity index (χ1) is 5.63. The number of hydrogen-bond donors (Lipinski definition) is 0. The third-order valence-corrected chi connectivity index (χ3v) is 1.78. The lowest BCUT2D eigenvalue weighted by molar-refractivity contribution is -0.133. The monoisotopic (exact) mass is 172 g/mol. The van der Waals surface area contributed by atoms with E-state index in [0.29, 0.717) is 6.61 Å². The quantitative estimate of drug-likeness (QED) is 0.615. The Morgan fingerprint density at radius 2 is 1.92 bits per heavy atom. The minimum Gasteiger partial charge on any atom is -0.370 e. The molecular formula is C10H20O2. The second-order valence-electron chi connectivity index (χ2n) is 3.32. The molecule has 0 aromatic carbocycles. The van der Waals surface area contributed by atoms with Crippen LogP contribution in [0.15, 0.2) is 0 Å². The molecule has 0 aliphatic carbocycles. The van der Waals surface area contributed by atoms with Crippen LogP contribution in [-0.2, 0) is 9.53 Å². The average molecular weight is 172 g/mol. The Bertz CT molecular complexity index is 130. The Balaban J connectivity index is 3.88. The predicted octanol–water partition coefficient (Wildman–Crippen LogP) is 2.42. The standard InChI is InChI=1S/C10H20O2/c1-5-7-12-9(6-2)10(11)8(3)4/h8-9H,5-7H2,1-4H3/t9-/m0/s1. The topological polar surface area (TPSA) is 26.3 Å². The molecule has 0 aromatic rings. The molecule has 0 heterocycles. The fourth-order valence-electron chi connectivity index (χ4n) is 1.03. The number of hydrogen-bond acceptors (Lipinski definition) is 2. The Labute approximate surface area is 75.3 Å². The zero-order chi connectivity index (χ0) is 9.56. The fraction of sp³-hybridized carbons (Fsp3) is 0.900. The van der Waals surface area contributed by atoms with Crippen molar-refractivity contribution in [3.8, 4) is 0 Å². The van der Waals surface area contributed by atoms with E-state index in [4.69, 9.17) is 4.74 Å². The molecule has 0 unspecified atom stereocenters. The van der Waals surface area contributed by atoms with Crippen molar-refractivity contribution in [3.05, 3.63) is 0 Å². The van der Waals surface area contributed by atoms with Crippen molar-refractivity contribution in [3.63, 3.8) is 0 Å². The van der Waals surface area contributed by atoms with Crippen molar-refractivity contribution in [1.82, 2.24) is 0 Å². The molecule has 0 fully saturated rings. The molecule has 0 saturated carbocycles. The summed E-state index contributed by atoms with van der Waals surface area (Å²) < 4.78 is 5.41. The number of ether oxygens (including phenoxy) is 1. The van der Waals surface area contributed by atoms with E-state index in [0.717, 1.165) is 12.8 Å². The molecule has 0 aliphatic rings. The summed E-state index contributed by atoms with van der Waals surface area (Å²) in [4.78, 5) is 11.5. The Morgan fingerprint density at radius 3 is 2.25 bits per heavy atom. The lowest BCUT2D eigenvalue weighted by atomic mass is 10.0. The van der Waals surface area contributed by atoms with Crippen molar-refractivity contribution in [2.75, 3.05) is 6.61 Å². The molecule has 0 amide bonds. The van der Waals surface area contributed by atoms with E-state index < -0.39 is 0 Å². The van der Waals surface area contributed by atoms with Crippen LogP contribution >= 0.6 is 0 Å². The first-order valence-corrected chi connectivity index (χ1v) is 4.78. The third kappa shape index (κ3) is 3.86. The van der Waals surface area contributed by atoms with Crippen LogP contribution < -0.4 is 0 Å². The maximum Gasteiger partial charge on any atom is 0.164 e. The van der Waals surface area contributed by atoms with Gasteiger partial charge in [-0.1, -0.05) is 27.7 Å². The highest BCUT2D eigenvalue weighted by Crippen LogP contribution is 2.07. The van der Waals surface area contributed by atoms with Crippen molar-refractivity contribution in [1.29, 1.82) is 0 Å². The van der Waals surface area contributed by atoms with Gasteiger partial charge in [0.05, 0.1) is 0 Å². The maximum atomic E-state index is 11.5. The first kappa shape index (κ1) is 11.6. The molecule has 2 heteroatoms. The van der Waals surface area contributed by atoms with Crippen molar-refractivity contribution in [2.45, 2.75) is 46.6 Å². The third-order valence-electron chi connectivity index (χ3n) is 1.78. The van der Waals surface area contributed by atoms with Gasteiger partial charge in [-0.3, -0.25) is 4.79 Å². The molecule has 0 N–H and O–H groups in total. The Hall–Kier alpha value is -0.370. The molecule has 0 aliphatic heterocycles. The molecule has 0 spiro atoms. The van der Waals surface area contributed by atoms with Gasteiger partial charge in [-0.15, -0.1) is 0 Å². The van der Waals surface area contributed by atoms with Gasteiger partial charge in [-0.2, -0.15) is 0 Å². The lowest BCUT2D eigenvalue weighted by Gasteiger charge is -2.16. The highest BCUT2D eigenvalue weighted by Gasteiger charge is 2.19. The Morgan fingerprint density at radius 1 is 1.33 bits per heavy atom. The summed E-state index contributed by atoms with van der Waals surface area (Å²) in [6, 6.07) is 0. The number of rotatable bonds is 6. The number of carbonyl (C=O) groups is 1. The molecule has 72 valence electrons. The predicted molar refractivity (Wildman–Crippen MR) is 50.2 cm³/mol. The van der Waals surface area contributed by atoms with Crippen molar-refractivity contribution in [2.24, 2.45) is 5.92 Å². The average Bonchev–Trinajstić information content (AvgIpc) is 2.05. The molecule has 0 radical (unpaired) electrons. The number of ketones is 1. The SMILES string of the molecule is CCCO[C@@H](CC)C(=O)C(C)C. The van der Waals surface area contributed by atoms with Crippen LogP contribution in [0.25, 0.3) is 0 Å². The van der Waals surface area contributed by atoms with Crippen LogP contribution in [0, 0.1) is 5.92 Å². The van der Waals surface area contributed by atoms with Gasteiger partial charge >= 0.3 is 0 Å². The van der Waals surface area contributed by atoms with Gasteiger partial charge < -0.3 is 4.74 Å². The zero-order valence-corrected chi connectivity index (χ0v) is 8.59.